The van der Waals surface area contributed by atoms with Crippen molar-refractivity contribution in [2.75, 3.05) is 26.0 Å². The molecule has 6 nitrogen and oxygen atoms in total. The second-order valence-electron chi connectivity index (χ2n) is 4.79. The lowest BCUT2D eigenvalue weighted by Gasteiger charge is -2.27. The van der Waals surface area contributed by atoms with Crippen molar-refractivity contribution in [1.29, 1.82) is 0 Å². The van der Waals surface area contributed by atoms with Crippen molar-refractivity contribution in [2.45, 2.75) is 19.0 Å². The van der Waals surface area contributed by atoms with Crippen LogP contribution in [0.2, 0.25) is 0 Å². The quantitative estimate of drug-likeness (QED) is 0.561. The van der Waals surface area contributed by atoms with Gasteiger partial charge in [0.2, 0.25) is 0 Å². The zero-order valence-corrected chi connectivity index (χ0v) is 11.1. The molecule has 1 aromatic rings. The van der Waals surface area contributed by atoms with Gasteiger partial charge in [0.25, 0.3) is 0 Å². The van der Waals surface area contributed by atoms with Crippen LogP contribution in [0.5, 0.6) is 5.75 Å². The Morgan fingerprint density at radius 1 is 1.63 bits per heavy atom. The van der Waals surface area contributed by atoms with Crippen molar-refractivity contribution < 1.29 is 14.6 Å². The molecule has 1 aromatic carbocycles. The molecule has 1 aliphatic heterocycles. The molecule has 4 N–H and O–H groups in total. The fraction of sp³-hybridized carbons (Fsp3) is 0.462. The number of nitrogen functional groups attached to an aromatic ring is 1. The number of nitrogens with zero attached hydrogens (tertiary/aromatic N) is 1. The first kappa shape index (κ1) is 13.5. The predicted molar refractivity (Wildman–Crippen MR) is 71.8 cm³/mol. The van der Waals surface area contributed by atoms with E-state index in [9.17, 15) is 9.90 Å². The Hall–Kier alpha value is -1.95. The molecule has 0 saturated carbocycles. The highest BCUT2D eigenvalue weighted by Gasteiger charge is 2.32. The first-order valence-electron chi connectivity index (χ1n) is 6.17. The van der Waals surface area contributed by atoms with Gasteiger partial charge in [0.05, 0.1) is 18.3 Å². The Morgan fingerprint density at radius 2 is 2.37 bits per heavy atom. The number of hydrogen-bond donors (Lipinski definition) is 3. The lowest BCUT2D eigenvalue weighted by Crippen LogP contribution is -2.34. The molecule has 2 amide bonds. The molecule has 1 saturated heterocycles. The van der Waals surface area contributed by atoms with Crippen LogP contribution in [0.4, 0.5) is 10.5 Å². The average Bonchev–Trinajstić information content (AvgIpc) is 2.69. The number of rotatable bonds is 4. The van der Waals surface area contributed by atoms with E-state index in [0.717, 1.165) is 5.56 Å². The molecule has 6 heteroatoms. The van der Waals surface area contributed by atoms with Gasteiger partial charge in [-0.15, -0.1) is 0 Å². The molecular weight excluding hydrogens is 246 g/mol. The van der Waals surface area contributed by atoms with Crippen molar-refractivity contribution in [3.05, 3.63) is 23.8 Å². The lowest BCUT2D eigenvalue weighted by atomic mass is 10.0. The smallest absolute Gasteiger partial charge is 0.318 e. The third-order valence-corrected chi connectivity index (χ3v) is 3.24. The first-order valence-corrected chi connectivity index (χ1v) is 6.17. The molecule has 2 rings (SSSR count). The second kappa shape index (κ2) is 5.36. The number of aromatic hydroxyl groups is 1. The zero-order valence-electron chi connectivity index (χ0n) is 11.1. The van der Waals surface area contributed by atoms with E-state index >= 15 is 0 Å². The highest BCUT2D eigenvalue weighted by Crippen LogP contribution is 2.29. The van der Waals surface area contributed by atoms with E-state index in [2.05, 4.69) is 5.32 Å². The van der Waals surface area contributed by atoms with Crippen LogP contribution in [0.25, 0.3) is 0 Å². The summed E-state index contributed by atoms with van der Waals surface area (Å²) in [5.74, 6) is 0.0409. The number of nitrogens with two attached hydrogens (primary N) is 1. The molecule has 2 atom stereocenters. The van der Waals surface area contributed by atoms with Crippen LogP contribution >= 0.6 is 0 Å². The number of hydrogen-bond acceptors (Lipinski definition) is 4. The van der Waals surface area contributed by atoms with Gasteiger partial charge in [-0.25, -0.2) is 4.79 Å². The maximum absolute atomic E-state index is 11.9. The fourth-order valence-electron chi connectivity index (χ4n) is 2.29. The summed E-state index contributed by atoms with van der Waals surface area (Å²) in [6, 6.07) is 4.76. The van der Waals surface area contributed by atoms with Crippen LogP contribution in [0.1, 0.15) is 18.5 Å². The largest absolute Gasteiger partial charge is 0.506 e. The number of phenolic OH excluding ortho intramolecular Hbond substituents is 1. The number of phenols is 1. The van der Waals surface area contributed by atoms with Crippen molar-refractivity contribution in [2.24, 2.45) is 0 Å². The number of benzene rings is 1. The minimum atomic E-state index is -0.210. The number of carbonyl (C=O) groups is 1. The van der Waals surface area contributed by atoms with E-state index in [-0.39, 0.29) is 23.9 Å². The zero-order chi connectivity index (χ0) is 14.0. The number of carbonyl (C=O) groups excluding carboxylic acids is 1. The summed E-state index contributed by atoms with van der Waals surface area (Å²) in [6.45, 7) is 2.95. The summed E-state index contributed by atoms with van der Waals surface area (Å²) in [7, 11) is 1.59. The normalized spacial score (nSPS) is 20.4. The maximum atomic E-state index is 11.9. The lowest BCUT2D eigenvalue weighted by molar-refractivity contribution is 0.115. The van der Waals surface area contributed by atoms with Gasteiger partial charge in [-0.2, -0.15) is 0 Å². The van der Waals surface area contributed by atoms with E-state index in [1.807, 2.05) is 6.92 Å². The van der Waals surface area contributed by atoms with Gasteiger partial charge >= 0.3 is 6.03 Å². The molecule has 1 fully saturated rings. The Labute approximate surface area is 112 Å². The standard InChI is InChI=1S/C13H19N3O3/c1-8-6-16(13(18)15-8)11(7-19-2)9-3-4-12(17)10(14)5-9/h3-5,8,11,17H,6-7,14H2,1-2H3,(H,15,18)/t8-,11?/m1/s1. The molecule has 1 unspecified atom stereocenters. The van der Waals surface area contributed by atoms with E-state index < -0.39 is 0 Å². The number of nitrogens with one attached hydrogen (secondary N) is 1. The highest BCUT2D eigenvalue weighted by atomic mass is 16.5. The molecule has 19 heavy (non-hydrogen) atoms. The number of methoxy groups -OCH3 is 1. The number of amides is 2. The first-order chi connectivity index (χ1) is 9.02. The predicted octanol–water partition coefficient (Wildman–Crippen LogP) is 1.08. The molecule has 0 aromatic heterocycles. The van der Waals surface area contributed by atoms with Crippen LogP contribution in [-0.4, -0.2) is 42.3 Å². The van der Waals surface area contributed by atoms with Crippen molar-refractivity contribution >= 4 is 11.7 Å². The molecule has 0 aliphatic carbocycles. The van der Waals surface area contributed by atoms with Gasteiger partial charge in [0.1, 0.15) is 5.75 Å². The van der Waals surface area contributed by atoms with Gasteiger partial charge in [-0.05, 0) is 24.6 Å². The van der Waals surface area contributed by atoms with Gasteiger partial charge in [0, 0.05) is 19.7 Å². The maximum Gasteiger partial charge on any atom is 0.318 e. The van der Waals surface area contributed by atoms with E-state index in [1.165, 1.54) is 6.07 Å². The summed E-state index contributed by atoms with van der Waals surface area (Å²) in [4.78, 5) is 13.6. The Kier molecular flexibility index (Phi) is 3.80. The summed E-state index contributed by atoms with van der Waals surface area (Å²) in [5.41, 5.74) is 6.85. The van der Waals surface area contributed by atoms with Crippen LogP contribution in [0.3, 0.4) is 0 Å². The van der Waals surface area contributed by atoms with E-state index in [0.29, 0.717) is 18.8 Å². The van der Waals surface area contributed by atoms with Crippen LogP contribution in [0, 0.1) is 0 Å². The third-order valence-electron chi connectivity index (χ3n) is 3.24. The SMILES string of the molecule is COCC(c1ccc(O)c(N)c1)N1C[C@@H](C)NC1=O. The monoisotopic (exact) mass is 265 g/mol. The topological polar surface area (TPSA) is 87.8 Å². The minimum Gasteiger partial charge on any atom is -0.506 e. The van der Waals surface area contributed by atoms with Gasteiger partial charge < -0.3 is 25.8 Å². The van der Waals surface area contributed by atoms with Gasteiger partial charge in [0.15, 0.2) is 0 Å². The third kappa shape index (κ3) is 2.73. The van der Waals surface area contributed by atoms with Crippen LogP contribution in [0.15, 0.2) is 18.2 Å². The van der Waals surface area contributed by atoms with Gasteiger partial charge in [-0.1, -0.05) is 6.07 Å². The molecular formula is C13H19N3O3. The second-order valence-corrected chi connectivity index (χ2v) is 4.79. The Morgan fingerprint density at radius 3 is 2.89 bits per heavy atom. The molecule has 0 spiro atoms. The van der Waals surface area contributed by atoms with Crippen LogP contribution in [-0.2, 0) is 4.74 Å². The summed E-state index contributed by atoms with van der Waals surface area (Å²) in [5, 5.41) is 12.3. The highest BCUT2D eigenvalue weighted by molar-refractivity contribution is 5.77. The van der Waals surface area contributed by atoms with Crippen molar-refractivity contribution in [3.8, 4) is 5.75 Å². The molecule has 0 bridgehead atoms. The molecule has 1 aliphatic rings. The number of urea groups is 1. The summed E-state index contributed by atoms with van der Waals surface area (Å²) < 4.78 is 5.20. The van der Waals surface area contributed by atoms with Crippen molar-refractivity contribution in [3.63, 3.8) is 0 Å². The molecule has 104 valence electrons. The summed E-state index contributed by atoms with van der Waals surface area (Å²) >= 11 is 0. The number of ether oxygens (including phenoxy) is 1. The molecule has 1 heterocycles. The minimum absolute atomic E-state index is 0.0409. The molecule has 0 radical (unpaired) electrons. The fourth-order valence-corrected chi connectivity index (χ4v) is 2.29. The van der Waals surface area contributed by atoms with Gasteiger partial charge in [-0.3, -0.25) is 0 Å². The van der Waals surface area contributed by atoms with Crippen LogP contribution < -0.4 is 11.1 Å². The Bertz CT molecular complexity index is 478. The average molecular weight is 265 g/mol. The van der Waals surface area contributed by atoms with E-state index in [1.54, 1.807) is 24.1 Å². The number of anilines is 1. The van der Waals surface area contributed by atoms with E-state index in [4.69, 9.17) is 10.5 Å². The summed E-state index contributed by atoms with van der Waals surface area (Å²) in [6.07, 6.45) is 0. The van der Waals surface area contributed by atoms with Crippen molar-refractivity contribution in [1.82, 2.24) is 10.2 Å². The Balaban J connectivity index is 2.29.